The first-order chi connectivity index (χ1) is 8.97. The van der Waals surface area contributed by atoms with E-state index in [0.29, 0.717) is 10.0 Å². The van der Waals surface area contributed by atoms with Gasteiger partial charge in [0.1, 0.15) is 17.5 Å². The number of rotatable bonds is 3. The summed E-state index contributed by atoms with van der Waals surface area (Å²) in [6.07, 6.45) is -0.0333. The fourth-order valence-corrected chi connectivity index (χ4v) is 2.34. The molecule has 2 aromatic carbocycles. The van der Waals surface area contributed by atoms with Gasteiger partial charge >= 0.3 is 0 Å². The highest BCUT2D eigenvalue weighted by molar-refractivity contribution is 9.10. The molecule has 5 heteroatoms. The number of hydrogen-bond acceptors (Lipinski definition) is 1. The molecular weight excluding hydrogens is 319 g/mol. The molecule has 0 heterocycles. The monoisotopic (exact) mass is 329 g/mol. The molecule has 0 aliphatic rings. The van der Waals surface area contributed by atoms with Gasteiger partial charge in [0.05, 0.1) is 0 Å². The fourth-order valence-electron chi connectivity index (χ4n) is 1.85. The van der Waals surface area contributed by atoms with Crippen molar-refractivity contribution in [3.63, 3.8) is 0 Å². The Morgan fingerprint density at radius 3 is 2.26 bits per heavy atom. The first-order valence-corrected chi connectivity index (χ1v) is 6.41. The quantitative estimate of drug-likeness (QED) is 0.901. The van der Waals surface area contributed by atoms with Crippen molar-refractivity contribution < 1.29 is 13.2 Å². The second-order valence-electron chi connectivity index (χ2n) is 4.21. The lowest BCUT2D eigenvalue weighted by atomic mass is 9.99. The molecule has 0 amide bonds. The van der Waals surface area contributed by atoms with Crippen molar-refractivity contribution >= 4 is 15.9 Å². The molecule has 0 bridgehead atoms. The van der Waals surface area contributed by atoms with Crippen LogP contribution in [-0.2, 0) is 6.42 Å². The van der Waals surface area contributed by atoms with Crippen LogP contribution in [-0.4, -0.2) is 0 Å². The summed E-state index contributed by atoms with van der Waals surface area (Å²) in [7, 11) is 0. The summed E-state index contributed by atoms with van der Waals surface area (Å²) in [6, 6.07) is 7.14. The van der Waals surface area contributed by atoms with Gasteiger partial charge < -0.3 is 5.73 Å². The minimum absolute atomic E-state index is 0.0333. The zero-order chi connectivity index (χ0) is 14.0. The van der Waals surface area contributed by atoms with Crippen molar-refractivity contribution in [1.29, 1.82) is 0 Å². The third-order valence-electron chi connectivity index (χ3n) is 2.80. The van der Waals surface area contributed by atoms with E-state index < -0.39 is 23.5 Å². The maximum Gasteiger partial charge on any atom is 0.129 e. The highest BCUT2D eigenvalue weighted by Crippen LogP contribution is 2.24. The van der Waals surface area contributed by atoms with E-state index in [-0.39, 0.29) is 12.0 Å². The Balaban J connectivity index is 2.28. The molecule has 0 aliphatic carbocycles. The third kappa shape index (κ3) is 3.36. The molecule has 0 saturated heterocycles. The summed E-state index contributed by atoms with van der Waals surface area (Å²) in [5, 5.41) is 0. The molecule has 1 nitrogen and oxygen atoms in total. The van der Waals surface area contributed by atoms with Gasteiger partial charge in [0.25, 0.3) is 0 Å². The van der Waals surface area contributed by atoms with Crippen molar-refractivity contribution in [3.8, 4) is 0 Å². The van der Waals surface area contributed by atoms with E-state index in [9.17, 15) is 13.2 Å². The van der Waals surface area contributed by atoms with E-state index >= 15 is 0 Å². The highest BCUT2D eigenvalue weighted by atomic mass is 79.9. The predicted octanol–water partition coefficient (Wildman–Crippen LogP) is 4.11. The number of halogens is 4. The molecule has 0 saturated carbocycles. The van der Waals surface area contributed by atoms with Gasteiger partial charge in [-0.15, -0.1) is 0 Å². The average Bonchev–Trinajstić information content (AvgIpc) is 2.32. The first-order valence-electron chi connectivity index (χ1n) is 5.62. The van der Waals surface area contributed by atoms with E-state index in [4.69, 9.17) is 5.73 Å². The summed E-state index contributed by atoms with van der Waals surface area (Å²) >= 11 is 3.15. The molecule has 2 N–H and O–H groups in total. The maximum absolute atomic E-state index is 13.5. The van der Waals surface area contributed by atoms with Gasteiger partial charge in [0.15, 0.2) is 0 Å². The van der Waals surface area contributed by atoms with Crippen LogP contribution in [0.25, 0.3) is 0 Å². The molecule has 0 aliphatic heterocycles. The van der Waals surface area contributed by atoms with E-state index in [2.05, 4.69) is 15.9 Å². The van der Waals surface area contributed by atoms with Crippen LogP contribution >= 0.6 is 15.9 Å². The van der Waals surface area contributed by atoms with Gasteiger partial charge in [-0.2, -0.15) is 0 Å². The summed E-state index contributed by atoms with van der Waals surface area (Å²) in [6.45, 7) is 0. The molecule has 0 spiro atoms. The second kappa shape index (κ2) is 5.75. The lowest BCUT2D eigenvalue weighted by molar-refractivity contribution is 0.538. The van der Waals surface area contributed by atoms with Gasteiger partial charge in [-0.1, -0.05) is 22.0 Å². The summed E-state index contributed by atoms with van der Waals surface area (Å²) in [5.41, 5.74) is 6.28. The van der Waals surface area contributed by atoms with Crippen molar-refractivity contribution in [2.24, 2.45) is 5.73 Å². The molecule has 100 valence electrons. The summed E-state index contributed by atoms with van der Waals surface area (Å²) in [5.74, 6) is -1.74. The molecular formula is C14H11BrF3N. The Morgan fingerprint density at radius 2 is 1.68 bits per heavy atom. The summed E-state index contributed by atoms with van der Waals surface area (Å²) < 4.78 is 40.8. The van der Waals surface area contributed by atoms with Crippen LogP contribution in [0, 0.1) is 17.5 Å². The Morgan fingerprint density at radius 1 is 1.05 bits per heavy atom. The van der Waals surface area contributed by atoms with Crippen molar-refractivity contribution in [3.05, 3.63) is 69.4 Å². The Bertz CT molecular complexity index is 561. The lowest BCUT2D eigenvalue weighted by Gasteiger charge is -2.14. The predicted molar refractivity (Wildman–Crippen MR) is 71.1 cm³/mol. The zero-order valence-corrected chi connectivity index (χ0v) is 11.4. The largest absolute Gasteiger partial charge is 0.324 e. The van der Waals surface area contributed by atoms with E-state index in [1.165, 1.54) is 30.3 Å². The molecule has 19 heavy (non-hydrogen) atoms. The third-order valence-corrected chi connectivity index (χ3v) is 3.26. The Hall–Kier alpha value is -1.33. The van der Waals surface area contributed by atoms with Crippen LogP contribution in [0.5, 0.6) is 0 Å². The fraction of sp³-hybridized carbons (Fsp3) is 0.143. The second-order valence-corrected chi connectivity index (χ2v) is 5.13. The van der Waals surface area contributed by atoms with Gasteiger partial charge in [-0.25, -0.2) is 13.2 Å². The lowest BCUT2D eigenvalue weighted by Crippen LogP contribution is -2.15. The normalized spacial score (nSPS) is 12.5. The van der Waals surface area contributed by atoms with Gasteiger partial charge in [0, 0.05) is 16.1 Å². The number of benzene rings is 2. The molecule has 2 aromatic rings. The van der Waals surface area contributed by atoms with Gasteiger partial charge in [-0.3, -0.25) is 0 Å². The number of nitrogens with two attached hydrogens (primary N) is 1. The smallest absolute Gasteiger partial charge is 0.129 e. The summed E-state index contributed by atoms with van der Waals surface area (Å²) in [4.78, 5) is 0. The molecule has 0 radical (unpaired) electrons. The molecule has 1 unspecified atom stereocenters. The van der Waals surface area contributed by atoms with Crippen LogP contribution in [0.2, 0.25) is 0 Å². The first kappa shape index (κ1) is 14.1. The van der Waals surface area contributed by atoms with Crippen LogP contribution in [0.15, 0.2) is 40.9 Å². The standard InChI is InChI=1S/C14H11BrF3N/c15-9-4-8(5-10(16)6-9)14(19)7-11-12(17)2-1-3-13(11)18/h1-6,14H,7,19H2. The zero-order valence-electron chi connectivity index (χ0n) is 9.84. The minimum Gasteiger partial charge on any atom is -0.324 e. The Labute approximate surface area is 117 Å². The topological polar surface area (TPSA) is 26.0 Å². The van der Waals surface area contributed by atoms with Crippen LogP contribution in [0.1, 0.15) is 17.2 Å². The number of hydrogen-bond donors (Lipinski definition) is 1. The molecule has 0 aromatic heterocycles. The van der Waals surface area contributed by atoms with E-state index in [1.54, 1.807) is 6.07 Å². The van der Waals surface area contributed by atoms with Crippen LogP contribution < -0.4 is 5.73 Å². The highest BCUT2D eigenvalue weighted by Gasteiger charge is 2.15. The van der Waals surface area contributed by atoms with Crippen LogP contribution in [0.4, 0.5) is 13.2 Å². The van der Waals surface area contributed by atoms with Crippen molar-refractivity contribution in [1.82, 2.24) is 0 Å². The van der Waals surface area contributed by atoms with Gasteiger partial charge in [0.2, 0.25) is 0 Å². The maximum atomic E-state index is 13.5. The van der Waals surface area contributed by atoms with Crippen LogP contribution in [0.3, 0.4) is 0 Å². The van der Waals surface area contributed by atoms with Gasteiger partial charge in [-0.05, 0) is 42.3 Å². The molecule has 0 fully saturated rings. The minimum atomic E-state index is -0.682. The van der Waals surface area contributed by atoms with E-state index in [0.717, 1.165) is 0 Å². The van der Waals surface area contributed by atoms with Crippen molar-refractivity contribution in [2.75, 3.05) is 0 Å². The molecule has 2 rings (SSSR count). The molecule has 1 atom stereocenters. The SMILES string of the molecule is NC(Cc1c(F)cccc1F)c1cc(F)cc(Br)c1. The average molecular weight is 330 g/mol. The Kier molecular flexibility index (Phi) is 4.27. The van der Waals surface area contributed by atoms with E-state index in [1.807, 2.05) is 0 Å². The van der Waals surface area contributed by atoms with Crippen molar-refractivity contribution in [2.45, 2.75) is 12.5 Å².